The monoisotopic (exact) mass is 230 g/mol. The molecular formula is C11H10N4O2. The van der Waals surface area contributed by atoms with E-state index in [1.807, 2.05) is 0 Å². The van der Waals surface area contributed by atoms with E-state index >= 15 is 0 Å². The summed E-state index contributed by atoms with van der Waals surface area (Å²) in [4.78, 5) is 19.1. The van der Waals surface area contributed by atoms with E-state index in [2.05, 4.69) is 15.3 Å². The molecule has 0 bridgehead atoms. The van der Waals surface area contributed by atoms with Crippen LogP contribution in [-0.4, -0.2) is 21.0 Å². The Kier molecular flexibility index (Phi) is 3.15. The first kappa shape index (κ1) is 10.9. The maximum Gasteiger partial charge on any atom is 0.348 e. The third-order valence-corrected chi connectivity index (χ3v) is 1.93. The van der Waals surface area contributed by atoms with E-state index in [0.29, 0.717) is 5.82 Å². The Labute approximate surface area is 96.9 Å². The van der Waals surface area contributed by atoms with Crippen LogP contribution in [0.1, 0.15) is 0 Å². The van der Waals surface area contributed by atoms with Crippen LogP contribution >= 0.6 is 0 Å². The lowest BCUT2D eigenvalue weighted by molar-refractivity contribution is 0.171. The van der Waals surface area contributed by atoms with Gasteiger partial charge in [0.25, 0.3) is 0 Å². The Hall–Kier alpha value is -2.63. The summed E-state index contributed by atoms with van der Waals surface area (Å²) in [6.07, 6.45) is 2.94. The second kappa shape index (κ2) is 4.93. The van der Waals surface area contributed by atoms with Gasteiger partial charge in [0, 0.05) is 12.4 Å². The number of nitrogens with zero attached hydrogens (tertiary/aromatic N) is 3. The average Bonchev–Trinajstić information content (AvgIpc) is 2.33. The zero-order valence-corrected chi connectivity index (χ0v) is 8.82. The topological polar surface area (TPSA) is 79.5 Å². The maximum absolute atomic E-state index is 11.5. The molecule has 0 spiro atoms. The number of hydrogen-bond acceptors (Lipinski definition) is 3. The van der Waals surface area contributed by atoms with Crippen LogP contribution in [0.2, 0.25) is 0 Å². The quantitative estimate of drug-likeness (QED) is 0.723. The first-order chi connectivity index (χ1) is 8.25. The Morgan fingerprint density at radius 2 is 2.12 bits per heavy atom. The molecule has 0 aliphatic carbocycles. The van der Waals surface area contributed by atoms with Gasteiger partial charge in [-0.05, 0) is 24.3 Å². The Balaban J connectivity index is 2.18. The molecule has 0 atom stereocenters. The Bertz CT molecular complexity index is 577. The van der Waals surface area contributed by atoms with E-state index in [-0.39, 0.29) is 5.49 Å². The van der Waals surface area contributed by atoms with Crippen LogP contribution in [0, 0.1) is 0 Å². The fourth-order valence-electron chi connectivity index (χ4n) is 1.19. The second-order valence-electron chi connectivity index (χ2n) is 3.16. The summed E-state index contributed by atoms with van der Waals surface area (Å²) in [6, 6.07) is 9.33. The second-order valence-corrected chi connectivity index (χ2v) is 3.16. The van der Waals surface area contributed by atoms with Crippen molar-refractivity contribution in [1.29, 1.82) is 0 Å². The van der Waals surface area contributed by atoms with Gasteiger partial charge in [-0.25, -0.2) is 9.78 Å². The molecule has 17 heavy (non-hydrogen) atoms. The van der Waals surface area contributed by atoms with Crippen molar-refractivity contribution in [3.05, 3.63) is 54.3 Å². The molecule has 2 amide bonds. The first-order valence-corrected chi connectivity index (χ1v) is 4.89. The minimum atomic E-state index is -0.599. The van der Waals surface area contributed by atoms with E-state index in [1.165, 1.54) is 12.3 Å². The van der Waals surface area contributed by atoms with Gasteiger partial charge in [0.1, 0.15) is 5.82 Å². The predicted molar refractivity (Wildman–Crippen MR) is 60.4 cm³/mol. The molecule has 6 heteroatoms. The summed E-state index contributed by atoms with van der Waals surface area (Å²) in [5.41, 5.74) is 0.140. The number of amides is 2. The molecule has 0 aliphatic heterocycles. The molecule has 2 heterocycles. The van der Waals surface area contributed by atoms with Crippen molar-refractivity contribution in [3.63, 3.8) is 0 Å². The number of aromatic nitrogens is 2. The standard InChI is InChI=1S/C11H10N4O2/c16-11(13-9-5-1-3-7-12-9)14-10-6-2-4-8-15(10)17/h1-8,17H,(H,12,13,16)/b14-10-. The fraction of sp³-hybridized carbons (Fsp3) is 0. The molecule has 0 saturated carbocycles. The minimum absolute atomic E-state index is 0.140. The molecule has 0 aliphatic rings. The highest BCUT2D eigenvalue weighted by Crippen LogP contribution is 1.99. The highest BCUT2D eigenvalue weighted by atomic mass is 16.5. The SMILES string of the molecule is O=C(/N=c1/ccccn1O)Nc1ccccn1. The minimum Gasteiger partial charge on any atom is -0.427 e. The largest absolute Gasteiger partial charge is 0.427 e. The third-order valence-electron chi connectivity index (χ3n) is 1.93. The van der Waals surface area contributed by atoms with Crippen molar-refractivity contribution in [2.75, 3.05) is 5.32 Å². The van der Waals surface area contributed by atoms with Crippen LogP contribution in [0.15, 0.2) is 53.8 Å². The number of rotatable bonds is 1. The molecule has 0 radical (unpaired) electrons. The molecular weight excluding hydrogens is 220 g/mol. The van der Waals surface area contributed by atoms with Gasteiger partial charge in [-0.15, -0.1) is 0 Å². The Morgan fingerprint density at radius 3 is 2.82 bits per heavy atom. The predicted octanol–water partition coefficient (Wildman–Crippen LogP) is 1.25. The van der Waals surface area contributed by atoms with Crippen LogP contribution in [0.25, 0.3) is 0 Å². The first-order valence-electron chi connectivity index (χ1n) is 4.89. The summed E-state index contributed by atoms with van der Waals surface area (Å²) >= 11 is 0. The number of carbonyl (C=O) groups is 1. The zero-order valence-electron chi connectivity index (χ0n) is 8.82. The van der Waals surface area contributed by atoms with Gasteiger partial charge >= 0.3 is 6.03 Å². The number of carbonyl (C=O) groups excluding carboxylic acids is 1. The Morgan fingerprint density at radius 1 is 1.29 bits per heavy atom. The van der Waals surface area contributed by atoms with Gasteiger partial charge in [-0.2, -0.15) is 9.72 Å². The number of nitrogens with one attached hydrogen (secondary N) is 1. The molecule has 6 nitrogen and oxygen atoms in total. The van der Waals surface area contributed by atoms with Crippen LogP contribution in [0.5, 0.6) is 0 Å². The summed E-state index contributed by atoms with van der Waals surface area (Å²) in [6.45, 7) is 0. The van der Waals surface area contributed by atoms with Crippen molar-refractivity contribution in [2.24, 2.45) is 4.99 Å². The third kappa shape index (κ3) is 2.91. The molecule has 2 aromatic heterocycles. The van der Waals surface area contributed by atoms with Gasteiger partial charge in [-0.1, -0.05) is 12.1 Å². The smallest absolute Gasteiger partial charge is 0.348 e. The van der Waals surface area contributed by atoms with Crippen LogP contribution < -0.4 is 10.8 Å². The van der Waals surface area contributed by atoms with Crippen molar-refractivity contribution >= 4 is 11.8 Å². The number of anilines is 1. The lowest BCUT2D eigenvalue weighted by Gasteiger charge is -1.99. The maximum atomic E-state index is 11.5. The van der Waals surface area contributed by atoms with Gasteiger partial charge in [0.2, 0.25) is 0 Å². The summed E-state index contributed by atoms with van der Waals surface area (Å²) in [5, 5.41) is 11.8. The van der Waals surface area contributed by atoms with Crippen molar-refractivity contribution in [1.82, 2.24) is 9.71 Å². The lowest BCUT2D eigenvalue weighted by atomic mass is 10.5. The lowest BCUT2D eigenvalue weighted by Crippen LogP contribution is -2.21. The van der Waals surface area contributed by atoms with E-state index in [1.54, 1.807) is 36.5 Å². The zero-order chi connectivity index (χ0) is 12.1. The van der Waals surface area contributed by atoms with E-state index in [9.17, 15) is 10.0 Å². The molecule has 0 fully saturated rings. The van der Waals surface area contributed by atoms with E-state index in [0.717, 1.165) is 4.73 Å². The van der Waals surface area contributed by atoms with Gasteiger partial charge in [0.05, 0.1) is 0 Å². The normalized spacial score (nSPS) is 11.2. The summed E-state index contributed by atoms with van der Waals surface area (Å²) in [5.74, 6) is 0.404. The molecule has 0 aromatic carbocycles. The van der Waals surface area contributed by atoms with Crippen LogP contribution in [0.4, 0.5) is 10.6 Å². The van der Waals surface area contributed by atoms with Gasteiger partial charge < -0.3 is 5.21 Å². The molecule has 2 aromatic rings. The molecule has 86 valence electrons. The van der Waals surface area contributed by atoms with Crippen molar-refractivity contribution in [3.8, 4) is 0 Å². The molecule has 0 unspecified atom stereocenters. The average molecular weight is 230 g/mol. The highest BCUT2D eigenvalue weighted by Gasteiger charge is 1.99. The van der Waals surface area contributed by atoms with E-state index in [4.69, 9.17) is 0 Å². The molecule has 2 rings (SSSR count). The van der Waals surface area contributed by atoms with Crippen LogP contribution in [0.3, 0.4) is 0 Å². The van der Waals surface area contributed by atoms with Crippen molar-refractivity contribution < 1.29 is 10.0 Å². The van der Waals surface area contributed by atoms with E-state index < -0.39 is 6.03 Å². The number of pyridine rings is 2. The summed E-state index contributed by atoms with van der Waals surface area (Å²) < 4.78 is 0.762. The van der Waals surface area contributed by atoms with Gasteiger partial charge in [0.15, 0.2) is 5.49 Å². The molecule has 0 saturated heterocycles. The van der Waals surface area contributed by atoms with Gasteiger partial charge in [-0.3, -0.25) is 5.32 Å². The number of hydrogen-bond donors (Lipinski definition) is 2. The summed E-state index contributed by atoms with van der Waals surface area (Å²) in [7, 11) is 0. The number of urea groups is 1. The van der Waals surface area contributed by atoms with Crippen LogP contribution in [-0.2, 0) is 0 Å². The molecule has 2 N–H and O–H groups in total. The highest BCUT2D eigenvalue weighted by molar-refractivity contribution is 5.88. The van der Waals surface area contributed by atoms with Crippen molar-refractivity contribution in [2.45, 2.75) is 0 Å². The fourth-order valence-corrected chi connectivity index (χ4v) is 1.19.